The highest BCUT2D eigenvalue weighted by molar-refractivity contribution is 9.10. The second-order valence-electron chi connectivity index (χ2n) is 4.76. The molecule has 0 aliphatic heterocycles. The third kappa shape index (κ3) is 4.82. The fourth-order valence-electron chi connectivity index (χ4n) is 1.89. The zero-order valence-electron chi connectivity index (χ0n) is 11.5. The molecule has 8 heteroatoms. The Kier molecular flexibility index (Phi) is 5.59. The van der Waals surface area contributed by atoms with Crippen molar-refractivity contribution in [3.05, 3.63) is 63.1 Å². The smallest absolute Gasteiger partial charge is 0.422 e. The van der Waals surface area contributed by atoms with E-state index in [1.54, 1.807) is 18.2 Å². The molecule has 0 N–H and O–H groups in total. The van der Waals surface area contributed by atoms with Crippen LogP contribution in [0, 0.1) is 0 Å². The number of ether oxygens (including phenoxy) is 1. The predicted molar refractivity (Wildman–Crippen MR) is 88.7 cm³/mol. The average molecular weight is 430 g/mol. The number of alkyl halides is 4. The lowest BCUT2D eigenvalue weighted by Gasteiger charge is -2.23. The fourth-order valence-corrected chi connectivity index (χ4v) is 3.03. The van der Waals surface area contributed by atoms with Crippen LogP contribution in [0.3, 0.4) is 0 Å². The summed E-state index contributed by atoms with van der Waals surface area (Å²) in [5, 5.41) is -1.74. The van der Waals surface area contributed by atoms with Crippen molar-refractivity contribution in [2.24, 2.45) is 0 Å². The third-order valence-electron chi connectivity index (χ3n) is 3.00. The van der Waals surface area contributed by atoms with Crippen molar-refractivity contribution in [1.29, 1.82) is 0 Å². The maximum atomic E-state index is 15.1. The lowest BCUT2D eigenvalue weighted by atomic mass is 10.0. The molecule has 0 amide bonds. The van der Waals surface area contributed by atoms with Gasteiger partial charge in [-0.1, -0.05) is 48.9 Å². The number of halogens is 6. The summed E-state index contributed by atoms with van der Waals surface area (Å²) < 4.78 is 56.7. The van der Waals surface area contributed by atoms with Gasteiger partial charge < -0.3 is 4.74 Å². The van der Waals surface area contributed by atoms with Crippen LogP contribution in [0.15, 0.2) is 46.9 Å². The molecule has 0 aliphatic rings. The van der Waals surface area contributed by atoms with E-state index >= 15 is 4.39 Å². The molecule has 0 fully saturated rings. The Morgan fingerprint density at radius 3 is 2.22 bits per heavy atom. The molecule has 124 valence electrons. The normalized spacial score (nSPS) is 14.4. The molecule has 23 heavy (non-hydrogen) atoms. The van der Waals surface area contributed by atoms with Gasteiger partial charge >= 0.3 is 6.18 Å². The standard InChI is InChI=1S/C15H11BrClF4OP/c16-10-3-6-13(17)12(7-10)15(21,23)9-1-4-11(5-2-9)22-8-14(18,19)20/h1-7H,8,23H2. The zero-order valence-corrected chi connectivity index (χ0v) is 15.0. The molecule has 2 rings (SSSR count). The molecule has 0 saturated heterocycles. The van der Waals surface area contributed by atoms with Gasteiger partial charge in [-0.25, -0.2) is 4.39 Å². The quantitative estimate of drug-likeness (QED) is 0.422. The monoisotopic (exact) mass is 428 g/mol. The highest BCUT2D eigenvalue weighted by Crippen LogP contribution is 2.44. The summed E-state index contributed by atoms with van der Waals surface area (Å²) in [6, 6.07) is 10.1. The van der Waals surface area contributed by atoms with Crippen LogP contribution in [0.1, 0.15) is 11.1 Å². The number of rotatable bonds is 4. The van der Waals surface area contributed by atoms with E-state index in [1.807, 2.05) is 0 Å². The number of hydrogen-bond acceptors (Lipinski definition) is 1. The Labute approximate surface area is 146 Å². The molecule has 2 atom stereocenters. The van der Waals surface area contributed by atoms with Crippen LogP contribution in [0.25, 0.3) is 0 Å². The second-order valence-corrected chi connectivity index (χ2v) is 6.88. The van der Waals surface area contributed by atoms with Crippen LogP contribution >= 0.6 is 36.8 Å². The molecule has 0 aromatic heterocycles. The molecule has 0 bridgehead atoms. The zero-order chi connectivity index (χ0) is 17.3. The van der Waals surface area contributed by atoms with Crippen LogP contribution in [-0.2, 0) is 5.41 Å². The lowest BCUT2D eigenvalue weighted by molar-refractivity contribution is -0.153. The molecule has 2 aromatic carbocycles. The van der Waals surface area contributed by atoms with Crippen molar-refractivity contribution >= 4 is 36.8 Å². The minimum atomic E-state index is -4.42. The Hall–Kier alpha value is -0.840. The van der Waals surface area contributed by atoms with Gasteiger partial charge in [0.2, 0.25) is 0 Å². The minimum absolute atomic E-state index is 0.00668. The number of hydrogen-bond donors (Lipinski definition) is 0. The van der Waals surface area contributed by atoms with E-state index in [2.05, 4.69) is 29.9 Å². The predicted octanol–water partition coefficient (Wildman–Crippen LogP) is 6.09. The molecule has 0 spiro atoms. The summed E-state index contributed by atoms with van der Waals surface area (Å²) in [6.07, 6.45) is -4.42. The van der Waals surface area contributed by atoms with Gasteiger partial charge in [-0.15, -0.1) is 0 Å². The number of benzene rings is 2. The van der Waals surface area contributed by atoms with E-state index in [4.69, 9.17) is 11.6 Å². The first kappa shape index (κ1) is 18.5. The van der Waals surface area contributed by atoms with Crippen molar-refractivity contribution in [3.63, 3.8) is 0 Å². The van der Waals surface area contributed by atoms with Gasteiger partial charge in [-0.05, 0) is 35.9 Å². The van der Waals surface area contributed by atoms with E-state index in [-0.39, 0.29) is 21.9 Å². The first-order valence-corrected chi connectivity index (χ1v) is 8.08. The van der Waals surface area contributed by atoms with Crippen molar-refractivity contribution in [2.45, 2.75) is 11.6 Å². The fraction of sp³-hybridized carbons (Fsp3) is 0.200. The lowest BCUT2D eigenvalue weighted by Crippen LogP contribution is -2.19. The van der Waals surface area contributed by atoms with E-state index in [0.717, 1.165) is 0 Å². The van der Waals surface area contributed by atoms with E-state index in [9.17, 15) is 13.2 Å². The van der Waals surface area contributed by atoms with E-state index in [1.165, 1.54) is 24.3 Å². The van der Waals surface area contributed by atoms with E-state index < -0.39 is 18.2 Å². The van der Waals surface area contributed by atoms with Crippen LogP contribution < -0.4 is 4.74 Å². The first-order valence-electron chi connectivity index (χ1n) is 6.33. The van der Waals surface area contributed by atoms with Gasteiger partial charge in [-0.2, -0.15) is 13.2 Å². The summed E-state index contributed by atoms with van der Waals surface area (Å²) in [5.74, 6) is 0.00668. The van der Waals surface area contributed by atoms with Crippen LogP contribution in [-0.4, -0.2) is 12.8 Å². The largest absolute Gasteiger partial charge is 0.484 e. The van der Waals surface area contributed by atoms with E-state index in [0.29, 0.717) is 4.47 Å². The molecule has 1 nitrogen and oxygen atoms in total. The van der Waals surface area contributed by atoms with Gasteiger partial charge in [0, 0.05) is 15.1 Å². The van der Waals surface area contributed by atoms with Gasteiger partial charge in [0.15, 0.2) is 12.0 Å². The molecule has 0 heterocycles. The maximum absolute atomic E-state index is 15.1. The molecule has 2 unspecified atom stereocenters. The Balaban J connectivity index is 2.25. The summed E-state index contributed by atoms with van der Waals surface area (Å²) in [7, 11) is 2.07. The topological polar surface area (TPSA) is 9.23 Å². The van der Waals surface area contributed by atoms with Crippen molar-refractivity contribution < 1.29 is 22.3 Å². The molecular formula is C15H11BrClF4OP. The summed E-state index contributed by atoms with van der Waals surface area (Å²) in [4.78, 5) is 0. The summed E-state index contributed by atoms with van der Waals surface area (Å²) >= 11 is 9.29. The molecule has 0 radical (unpaired) electrons. The van der Waals surface area contributed by atoms with Gasteiger partial charge in [0.25, 0.3) is 0 Å². The van der Waals surface area contributed by atoms with Gasteiger partial charge in [-0.3, -0.25) is 0 Å². The first-order chi connectivity index (χ1) is 10.6. The molecular weight excluding hydrogens is 418 g/mol. The Morgan fingerprint density at radius 2 is 1.65 bits per heavy atom. The Bertz CT molecular complexity index is 689. The van der Waals surface area contributed by atoms with Gasteiger partial charge in [0.1, 0.15) is 5.75 Å². The maximum Gasteiger partial charge on any atom is 0.422 e. The van der Waals surface area contributed by atoms with Crippen LogP contribution in [0.5, 0.6) is 5.75 Å². The van der Waals surface area contributed by atoms with Gasteiger partial charge in [0.05, 0.1) is 0 Å². The summed E-state index contributed by atoms with van der Waals surface area (Å²) in [6.45, 7) is -1.40. The van der Waals surface area contributed by atoms with Crippen molar-refractivity contribution in [1.82, 2.24) is 0 Å². The molecule has 0 saturated carbocycles. The molecule has 2 aromatic rings. The van der Waals surface area contributed by atoms with Crippen molar-refractivity contribution in [2.75, 3.05) is 6.61 Å². The highest BCUT2D eigenvalue weighted by Gasteiger charge is 2.32. The van der Waals surface area contributed by atoms with Crippen LogP contribution in [0.2, 0.25) is 5.02 Å². The van der Waals surface area contributed by atoms with Crippen LogP contribution in [0.4, 0.5) is 17.6 Å². The van der Waals surface area contributed by atoms with Crippen molar-refractivity contribution in [3.8, 4) is 5.75 Å². The second kappa shape index (κ2) is 6.96. The summed E-state index contributed by atoms with van der Waals surface area (Å²) in [5.41, 5.74) is 0.448. The SMILES string of the molecule is FC(F)(F)COc1ccc(C(F)(P)c2cc(Br)ccc2Cl)cc1. The third-order valence-corrected chi connectivity index (χ3v) is 4.46. The Morgan fingerprint density at radius 1 is 1.04 bits per heavy atom. The average Bonchev–Trinajstić information content (AvgIpc) is 2.47. The highest BCUT2D eigenvalue weighted by atomic mass is 79.9. The minimum Gasteiger partial charge on any atom is -0.484 e. The molecule has 0 aliphatic carbocycles.